The first-order valence-electron chi connectivity index (χ1n) is 8.72. The molecule has 0 unspecified atom stereocenters. The Hall–Kier alpha value is -2.67. The standard InChI is InChI=1S/C19H20N4O2S/c24-19(20-13-15-3-2-12-26-15)14-7-9-23(10-8-14)18-6-5-16(21-22-18)17-4-1-11-25-17/h1-6,11-12,14H,7-10,13H2,(H,20,24). The van der Waals surface area contributed by atoms with Crippen LogP contribution in [0.4, 0.5) is 5.82 Å². The van der Waals surface area contributed by atoms with Crippen molar-refractivity contribution in [3.05, 3.63) is 52.9 Å². The van der Waals surface area contributed by atoms with Gasteiger partial charge in [-0.2, -0.15) is 0 Å². The van der Waals surface area contributed by atoms with Crippen LogP contribution in [0.5, 0.6) is 0 Å². The highest BCUT2D eigenvalue weighted by molar-refractivity contribution is 7.09. The van der Waals surface area contributed by atoms with Gasteiger partial charge in [-0.25, -0.2) is 0 Å². The third-order valence-corrected chi connectivity index (χ3v) is 5.51. The summed E-state index contributed by atoms with van der Waals surface area (Å²) in [5.41, 5.74) is 0.724. The van der Waals surface area contributed by atoms with Crippen molar-refractivity contribution >= 4 is 23.1 Å². The summed E-state index contributed by atoms with van der Waals surface area (Å²) in [4.78, 5) is 15.7. The average molecular weight is 368 g/mol. The molecule has 0 bridgehead atoms. The predicted molar refractivity (Wildman–Crippen MR) is 101 cm³/mol. The summed E-state index contributed by atoms with van der Waals surface area (Å²) < 4.78 is 5.34. The third kappa shape index (κ3) is 3.77. The van der Waals surface area contributed by atoms with E-state index in [0.29, 0.717) is 12.3 Å². The van der Waals surface area contributed by atoms with E-state index in [4.69, 9.17) is 4.42 Å². The fourth-order valence-electron chi connectivity index (χ4n) is 3.15. The first kappa shape index (κ1) is 16.8. The van der Waals surface area contributed by atoms with Crippen LogP contribution in [0.15, 0.2) is 52.5 Å². The van der Waals surface area contributed by atoms with E-state index in [1.165, 1.54) is 4.88 Å². The van der Waals surface area contributed by atoms with Gasteiger partial charge in [0, 0.05) is 23.9 Å². The molecule has 7 heteroatoms. The van der Waals surface area contributed by atoms with Gasteiger partial charge >= 0.3 is 0 Å². The zero-order chi connectivity index (χ0) is 17.8. The van der Waals surface area contributed by atoms with Crippen molar-refractivity contribution < 1.29 is 9.21 Å². The molecule has 1 aliphatic heterocycles. The molecule has 0 saturated carbocycles. The van der Waals surface area contributed by atoms with Gasteiger partial charge in [-0.05, 0) is 48.6 Å². The van der Waals surface area contributed by atoms with E-state index in [9.17, 15) is 4.79 Å². The fraction of sp³-hybridized carbons (Fsp3) is 0.316. The van der Waals surface area contributed by atoms with Crippen molar-refractivity contribution in [2.75, 3.05) is 18.0 Å². The minimum atomic E-state index is 0.0709. The summed E-state index contributed by atoms with van der Waals surface area (Å²) in [5, 5.41) is 13.6. The number of piperidine rings is 1. The molecule has 0 atom stereocenters. The smallest absolute Gasteiger partial charge is 0.223 e. The summed E-state index contributed by atoms with van der Waals surface area (Å²) in [6, 6.07) is 11.6. The van der Waals surface area contributed by atoms with Crippen molar-refractivity contribution in [1.82, 2.24) is 15.5 Å². The number of hydrogen-bond acceptors (Lipinski definition) is 6. The zero-order valence-electron chi connectivity index (χ0n) is 14.3. The summed E-state index contributed by atoms with van der Waals surface area (Å²) in [7, 11) is 0. The average Bonchev–Trinajstić information content (AvgIpc) is 3.40. The van der Waals surface area contributed by atoms with Crippen LogP contribution in [0.25, 0.3) is 11.5 Å². The first-order valence-corrected chi connectivity index (χ1v) is 9.60. The molecule has 0 spiro atoms. The van der Waals surface area contributed by atoms with Gasteiger partial charge in [-0.3, -0.25) is 4.79 Å². The van der Waals surface area contributed by atoms with E-state index >= 15 is 0 Å². The maximum Gasteiger partial charge on any atom is 0.223 e. The van der Waals surface area contributed by atoms with Crippen LogP contribution in [0.1, 0.15) is 17.7 Å². The lowest BCUT2D eigenvalue weighted by molar-refractivity contribution is -0.125. The molecule has 3 aromatic rings. The molecule has 0 radical (unpaired) electrons. The number of amides is 1. The molecule has 134 valence electrons. The predicted octanol–water partition coefficient (Wildman–Crippen LogP) is 3.33. The molecule has 3 aromatic heterocycles. The van der Waals surface area contributed by atoms with Crippen LogP contribution < -0.4 is 10.2 Å². The van der Waals surface area contributed by atoms with Crippen molar-refractivity contribution in [2.45, 2.75) is 19.4 Å². The van der Waals surface area contributed by atoms with Gasteiger partial charge in [0.2, 0.25) is 5.91 Å². The molecule has 0 aliphatic carbocycles. The second-order valence-electron chi connectivity index (χ2n) is 6.31. The molecule has 4 rings (SSSR count). The highest BCUT2D eigenvalue weighted by Crippen LogP contribution is 2.24. The Morgan fingerprint density at radius 3 is 2.73 bits per heavy atom. The van der Waals surface area contributed by atoms with Crippen molar-refractivity contribution in [3.8, 4) is 11.5 Å². The number of anilines is 1. The number of furan rings is 1. The summed E-state index contributed by atoms with van der Waals surface area (Å²) in [6.45, 7) is 2.24. The molecule has 4 heterocycles. The molecule has 1 aliphatic rings. The Morgan fingerprint density at radius 1 is 1.19 bits per heavy atom. The van der Waals surface area contributed by atoms with Gasteiger partial charge in [0.25, 0.3) is 0 Å². The van der Waals surface area contributed by atoms with Crippen LogP contribution in [0.2, 0.25) is 0 Å². The van der Waals surface area contributed by atoms with E-state index in [-0.39, 0.29) is 11.8 Å². The SMILES string of the molecule is O=C(NCc1cccs1)C1CCN(c2ccc(-c3ccco3)nn2)CC1. The zero-order valence-corrected chi connectivity index (χ0v) is 15.1. The van der Waals surface area contributed by atoms with Gasteiger partial charge < -0.3 is 14.6 Å². The van der Waals surface area contributed by atoms with E-state index in [0.717, 1.165) is 37.4 Å². The van der Waals surface area contributed by atoms with E-state index < -0.39 is 0 Å². The van der Waals surface area contributed by atoms with Gasteiger partial charge in [0.05, 0.1) is 12.8 Å². The minimum Gasteiger partial charge on any atom is -0.463 e. The molecule has 1 saturated heterocycles. The molecule has 0 aromatic carbocycles. The van der Waals surface area contributed by atoms with Crippen LogP contribution in [0.3, 0.4) is 0 Å². The number of nitrogens with one attached hydrogen (secondary N) is 1. The monoisotopic (exact) mass is 368 g/mol. The van der Waals surface area contributed by atoms with Gasteiger partial charge in [0.1, 0.15) is 5.69 Å². The lowest BCUT2D eigenvalue weighted by atomic mass is 9.96. The van der Waals surface area contributed by atoms with Crippen LogP contribution in [-0.2, 0) is 11.3 Å². The molecular weight excluding hydrogens is 348 g/mol. The maximum atomic E-state index is 12.3. The quantitative estimate of drug-likeness (QED) is 0.748. The normalized spacial score (nSPS) is 15.2. The summed E-state index contributed by atoms with van der Waals surface area (Å²) in [6.07, 6.45) is 3.29. The Kier molecular flexibility index (Phi) is 4.97. The first-order chi connectivity index (χ1) is 12.8. The number of aromatic nitrogens is 2. The number of hydrogen-bond donors (Lipinski definition) is 1. The molecule has 1 amide bonds. The number of carbonyl (C=O) groups is 1. The highest BCUT2D eigenvalue weighted by Gasteiger charge is 2.25. The van der Waals surface area contributed by atoms with Gasteiger partial charge in [0.15, 0.2) is 11.6 Å². The summed E-state index contributed by atoms with van der Waals surface area (Å²) in [5.74, 6) is 1.78. The van der Waals surface area contributed by atoms with E-state index in [1.54, 1.807) is 17.6 Å². The Labute approximate surface area is 155 Å². The van der Waals surface area contributed by atoms with Crippen molar-refractivity contribution in [2.24, 2.45) is 5.92 Å². The topological polar surface area (TPSA) is 71.3 Å². The van der Waals surface area contributed by atoms with Crippen LogP contribution in [-0.4, -0.2) is 29.2 Å². The number of thiophene rings is 1. The van der Waals surface area contributed by atoms with E-state index in [2.05, 4.69) is 20.4 Å². The minimum absolute atomic E-state index is 0.0709. The Balaban J connectivity index is 1.29. The van der Waals surface area contributed by atoms with Crippen LogP contribution >= 0.6 is 11.3 Å². The third-order valence-electron chi connectivity index (χ3n) is 4.63. The molecule has 26 heavy (non-hydrogen) atoms. The second-order valence-corrected chi connectivity index (χ2v) is 7.34. The Bertz CT molecular complexity index is 823. The Morgan fingerprint density at radius 2 is 2.08 bits per heavy atom. The van der Waals surface area contributed by atoms with E-state index in [1.807, 2.05) is 41.8 Å². The highest BCUT2D eigenvalue weighted by atomic mass is 32.1. The maximum absolute atomic E-state index is 12.3. The number of carbonyl (C=O) groups excluding carboxylic acids is 1. The molecule has 6 nitrogen and oxygen atoms in total. The largest absolute Gasteiger partial charge is 0.463 e. The van der Waals surface area contributed by atoms with Gasteiger partial charge in [-0.15, -0.1) is 21.5 Å². The van der Waals surface area contributed by atoms with Crippen molar-refractivity contribution in [3.63, 3.8) is 0 Å². The van der Waals surface area contributed by atoms with Crippen molar-refractivity contribution in [1.29, 1.82) is 0 Å². The fourth-order valence-corrected chi connectivity index (χ4v) is 3.80. The molecule has 1 N–H and O–H groups in total. The van der Waals surface area contributed by atoms with Crippen LogP contribution in [0, 0.1) is 5.92 Å². The lowest BCUT2D eigenvalue weighted by Crippen LogP contribution is -2.40. The summed E-state index contributed by atoms with van der Waals surface area (Å²) >= 11 is 1.66. The molecular formula is C19H20N4O2S. The second kappa shape index (κ2) is 7.70. The lowest BCUT2D eigenvalue weighted by Gasteiger charge is -2.31. The van der Waals surface area contributed by atoms with Gasteiger partial charge in [-0.1, -0.05) is 6.07 Å². The number of nitrogens with zero attached hydrogens (tertiary/aromatic N) is 3. The molecule has 1 fully saturated rings. The number of rotatable bonds is 5.